The minimum Gasteiger partial charge on any atom is -0.306 e. The second kappa shape index (κ2) is 12.2. The molecule has 36 heavy (non-hydrogen) atoms. The molecular formula is C27H30N6O2S. The number of nitrogens with one attached hydrogen (secondary N) is 1. The second-order valence-electron chi connectivity index (χ2n) is 8.59. The van der Waals surface area contributed by atoms with Crippen LogP contribution in [0.15, 0.2) is 54.9 Å². The smallest absolute Gasteiger partial charge is 0.251 e. The van der Waals surface area contributed by atoms with Crippen LogP contribution >= 0.6 is 11.3 Å². The summed E-state index contributed by atoms with van der Waals surface area (Å²) in [6, 6.07) is 11.4. The Morgan fingerprint density at radius 3 is 2.61 bits per heavy atom. The first-order valence-corrected chi connectivity index (χ1v) is 12.4. The van der Waals surface area contributed by atoms with Crippen molar-refractivity contribution < 1.29 is 9.59 Å². The van der Waals surface area contributed by atoms with Crippen LogP contribution in [0.4, 0.5) is 10.9 Å². The van der Waals surface area contributed by atoms with Crippen LogP contribution in [0.2, 0.25) is 0 Å². The normalized spacial score (nSPS) is 11.9. The molecule has 0 fully saturated rings. The van der Waals surface area contributed by atoms with E-state index in [-0.39, 0.29) is 17.4 Å². The molecule has 186 valence electrons. The minimum absolute atomic E-state index is 0.141. The van der Waals surface area contributed by atoms with Gasteiger partial charge in [0.15, 0.2) is 10.9 Å². The van der Waals surface area contributed by atoms with Gasteiger partial charge in [0.2, 0.25) is 5.91 Å². The van der Waals surface area contributed by atoms with Crippen LogP contribution in [-0.2, 0) is 16.0 Å². The van der Waals surface area contributed by atoms with Crippen molar-refractivity contribution in [3.05, 3.63) is 70.9 Å². The van der Waals surface area contributed by atoms with Crippen LogP contribution in [0.5, 0.6) is 0 Å². The quantitative estimate of drug-likeness (QED) is 0.434. The Morgan fingerprint density at radius 2 is 1.94 bits per heavy atom. The summed E-state index contributed by atoms with van der Waals surface area (Å²) < 4.78 is 0. The molecule has 1 aromatic carbocycles. The average molecular weight is 503 g/mol. The van der Waals surface area contributed by atoms with Crippen LogP contribution < -0.4 is 10.2 Å². The van der Waals surface area contributed by atoms with E-state index < -0.39 is 5.92 Å². The Balaban J connectivity index is 1.79. The molecule has 2 amide bonds. The molecule has 1 unspecified atom stereocenters. The summed E-state index contributed by atoms with van der Waals surface area (Å²) in [4.78, 5) is 38.4. The van der Waals surface area contributed by atoms with Crippen molar-refractivity contribution in [2.75, 3.05) is 37.9 Å². The maximum atomic E-state index is 12.8. The van der Waals surface area contributed by atoms with Gasteiger partial charge in [-0.25, -0.2) is 9.97 Å². The Labute approximate surface area is 215 Å². The van der Waals surface area contributed by atoms with Gasteiger partial charge in [0, 0.05) is 42.5 Å². The van der Waals surface area contributed by atoms with Crippen molar-refractivity contribution in [1.29, 1.82) is 5.26 Å². The Morgan fingerprint density at radius 1 is 1.17 bits per heavy atom. The number of nitrogens with zero attached hydrogens (tertiary/aromatic N) is 5. The number of carbonyl (C=O) groups is 2. The van der Waals surface area contributed by atoms with Gasteiger partial charge in [-0.1, -0.05) is 37.3 Å². The van der Waals surface area contributed by atoms with Crippen molar-refractivity contribution >= 4 is 34.1 Å². The summed E-state index contributed by atoms with van der Waals surface area (Å²) in [7, 11) is 5.42. The Bertz CT molecular complexity index is 1310. The minimum atomic E-state index is -0.403. The fourth-order valence-electron chi connectivity index (χ4n) is 3.43. The number of hydrogen-bond donors (Lipinski definition) is 1. The summed E-state index contributed by atoms with van der Waals surface area (Å²) in [5, 5.41) is 13.2. The van der Waals surface area contributed by atoms with E-state index in [1.165, 1.54) is 22.3 Å². The largest absolute Gasteiger partial charge is 0.306 e. The van der Waals surface area contributed by atoms with Gasteiger partial charge in [-0.15, -0.1) is 11.3 Å². The van der Waals surface area contributed by atoms with Gasteiger partial charge in [-0.2, -0.15) is 5.26 Å². The van der Waals surface area contributed by atoms with Crippen molar-refractivity contribution in [3.8, 4) is 17.2 Å². The number of benzene rings is 1. The average Bonchev–Trinajstić information content (AvgIpc) is 3.34. The number of nitriles is 1. The van der Waals surface area contributed by atoms with Crippen LogP contribution in [0.25, 0.3) is 11.1 Å². The van der Waals surface area contributed by atoms with Crippen LogP contribution in [0.3, 0.4) is 0 Å². The number of aromatic nitrogens is 2. The summed E-state index contributed by atoms with van der Waals surface area (Å²) in [5.41, 5.74) is 2.67. The number of pyridine rings is 1. The summed E-state index contributed by atoms with van der Waals surface area (Å²) >= 11 is 1.47. The summed E-state index contributed by atoms with van der Waals surface area (Å²) in [6.07, 6.45) is 7.52. The zero-order valence-corrected chi connectivity index (χ0v) is 22.0. The monoisotopic (exact) mass is 502 g/mol. The predicted molar refractivity (Wildman–Crippen MR) is 144 cm³/mol. The fourth-order valence-corrected chi connectivity index (χ4v) is 4.18. The van der Waals surface area contributed by atoms with Gasteiger partial charge in [0.25, 0.3) is 5.91 Å². The van der Waals surface area contributed by atoms with Crippen LogP contribution in [0, 0.1) is 11.3 Å². The van der Waals surface area contributed by atoms with Gasteiger partial charge in [-0.3, -0.25) is 14.5 Å². The van der Waals surface area contributed by atoms with Crippen LogP contribution in [0.1, 0.15) is 35.8 Å². The lowest BCUT2D eigenvalue weighted by atomic mass is 9.96. The Hall–Kier alpha value is -3.87. The highest BCUT2D eigenvalue weighted by atomic mass is 32.1. The molecule has 0 saturated heterocycles. The van der Waals surface area contributed by atoms with E-state index in [4.69, 9.17) is 0 Å². The molecule has 8 nitrogen and oxygen atoms in total. The number of hydrogen-bond acceptors (Lipinski definition) is 7. The van der Waals surface area contributed by atoms with Crippen molar-refractivity contribution in [2.45, 2.75) is 26.2 Å². The highest BCUT2D eigenvalue weighted by Crippen LogP contribution is 2.28. The molecular weight excluding hydrogens is 472 g/mol. The van der Waals surface area contributed by atoms with Crippen molar-refractivity contribution in [3.63, 3.8) is 0 Å². The molecule has 0 bridgehead atoms. The number of thiazole rings is 1. The lowest BCUT2D eigenvalue weighted by molar-refractivity contribution is -0.117. The third kappa shape index (κ3) is 6.62. The number of carbonyl (C=O) groups excluding carboxylic acids is 2. The van der Waals surface area contributed by atoms with Gasteiger partial charge in [0.1, 0.15) is 6.07 Å². The fraction of sp³-hybridized carbons (Fsp3) is 0.296. The molecule has 9 heteroatoms. The first kappa shape index (κ1) is 26.7. The third-order valence-electron chi connectivity index (χ3n) is 5.61. The van der Waals surface area contributed by atoms with E-state index in [0.29, 0.717) is 17.5 Å². The van der Waals surface area contributed by atoms with Crippen molar-refractivity contribution in [1.82, 2.24) is 14.9 Å². The number of amides is 2. The molecule has 1 N–H and O–H groups in total. The van der Waals surface area contributed by atoms with E-state index >= 15 is 0 Å². The number of anilines is 2. The van der Waals surface area contributed by atoms with E-state index in [1.807, 2.05) is 57.1 Å². The zero-order valence-electron chi connectivity index (χ0n) is 21.1. The van der Waals surface area contributed by atoms with Crippen LogP contribution in [-0.4, -0.2) is 54.4 Å². The van der Waals surface area contributed by atoms with Gasteiger partial charge < -0.3 is 10.2 Å². The van der Waals surface area contributed by atoms with E-state index in [9.17, 15) is 14.9 Å². The Kier molecular flexibility index (Phi) is 9.06. The molecule has 0 aliphatic carbocycles. The zero-order chi connectivity index (χ0) is 26.2. The topological polar surface area (TPSA) is 102 Å². The highest BCUT2D eigenvalue weighted by Gasteiger charge is 2.19. The van der Waals surface area contributed by atoms with Gasteiger partial charge in [-0.05, 0) is 44.6 Å². The lowest BCUT2D eigenvalue weighted by Gasteiger charge is -2.17. The second-order valence-corrected chi connectivity index (χ2v) is 9.71. The number of likely N-dealkylation sites (N-methyl/N-ethyl adjacent to an activating group) is 2. The first-order valence-electron chi connectivity index (χ1n) is 11.6. The SMILES string of the molecule is CCc1cnc(NC(=O)C(C)c2cccc(-c3cnc(N(C)C(=O)/C=C/CN(C)C)c(C#N)c3)c2)s1. The molecule has 1 atom stereocenters. The molecule has 0 spiro atoms. The number of aryl methyl sites for hydroxylation is 1. The van der Waals surface area contributed by atoms with Crippen molar-refractivity contribution in [2.24, 2.45) is 0 Å². The molecule has 0 saturated carbocycles. The molecule has 2 aromatic heterocycles. The first-order chi connectivity index (χ1) is 17.2. The van der Waals surface area contributed by atoms with E-state index in [0.717, 1.165) is 28.0 Å². The molecule has 3 aromatic rings. The summed E-state index contributed by atoms with van der Waals surface area (Å²) in [6.45, 7) is 4.52. The standard InChI is InChI=1S/C27H30N6O2S/c1-6-23-17-30-27(36-23)31-26(35)18(2)19-9-7-10-20(13-19)22-14-21(15-28)25(29-16-22)33(5)24(34)11-8-12-32(3)4/h7-11,13-14,16-18H,6,12H2,1-5H3,(H,30,31,35)/b11-8+. The molecule has 3 rings (SSSR count). The maximum Gasteiger partial charge on any atom is 0.251 e. The van der Waals surface area contributed by atoms with E-state index in [2.05, 4.69) is 21.4 Å². The predicted octanol–water partition coefficient (Wildman–Crippen LogP) is 4.46. The summed E-state index contributed by atoms with van der Waals surface area (Å²) in [5.74, 6) is -0.515. The lowest BCUT2D eigenvalue weighted by Crippen LogP contribution is -2.26. The molecule has 0 aliphatic heterocycles. The number of rotatable bonds is 9. The maximum absolute atomic E-state index is 12.8. The van der Waals surface area contributed by atoms with Gasteiger partial charge >= 0.3 is 0 Å². The van der Waals surface area contributed by atoms with Gasteiger partial charge in [0.05, 0.1) is 11.5 Å². The molecule has 2 heterocycles. The molecule has 0 radical (unpaired) electrons. The third-order valence-corrected chi connectivity index (χ3v) is 6.67. The molecule has 0 aliphatic rings. The highest BCUT2D eigenvalue weighted by molar-refractivity contribution is 7.15. The van der Waals surface area contributed by atoms with E-state index in [1.54, 1.807) is 31.6 Å².